The fourth-order valence-corrected chi connectivity index (χ4v) is 3.96. The van der Waals surface area contributed by atoms with Gasteiger partial charge >= 0.3 is 5.97 Å². The Hall–Kier alpha value is -1.72. The topological polar surface area (TPSA) is 72.8 Å². The largest absolute Gasteiger partial charge is 0.481 e. The Labute approximate surface area is 143 Å². The van der Waals surface area contributed by atoms with Crippen molar-refractivity contribution in [2.75, 3.05) is 14.2 Å². The van der Waals surface area contributed by atoms with E-state index < -0.39 is 23.9 Å². The number of methoxy groups -OCH3 is 2. The number of carboxylic acids is 1. The summed E-state index contributed by atoms with van der Waals surface area (Å²) in [6.07, 6.45) is -0.366. The maximum absolute atomic E-state index is 13.0. The number of carbonyl (C=O) groups excluding carboxylic acids is 1. The van der Waals surface area contributed by atoms with Gasteiger partial charge in [0.2, 0.25) is 0 Å². The molecule has 2 rings (SSSR count). The molecule has 0 spiro atoms. The van der Waals surface area contributed by atoms with Gasteiger partial charge in [-0.1, -0.05) is 17.7 Å². The molecule has 1 aromatic rings. The molecule has 1 saturated carbocycles. The van der Waals surface area contributed by atoms with Gasteiger partial charge in [-0.25, -0.2) is 0 Å². The smallest absolute Gasteiger partial charge is 0.307 e. The standard InChI is InChI=1S/C19H26O5/c1-10-6-11(2)13(12(3)7-10)8-15(20)17-14(19(21)22)9-16(23-4)18(17)24-5/h6-7,14,16-18H,8-9H2,1-5H3,(H,21,22). The van der Waals surface area contributed by atoms with Crippen LogP contribution in [-0.2, 0) is 25.5 Å². The lowest BCUT2D eigenvalue weighted by Gasteiger charge is -2.23. The highest BCUT2D eigenvalue weighted by atomic mass is 16.5. The maximum Gasteiger partial charge on any atom is 0.307 e. The van der Waals surface area contributed by atoms with Crippen LogP contribution in [0.2, 0.25) is 0 Å². The summed E-state index contributed by atoms with van der Waals surface area (Å²) in [5.74, 6) is -2.51. The van der Waals surface area contributed by atoms with E-state index in [2.05, 4.69) is 0 Å². The van der Waals surface area contributed by atoms with E-state index in [0.717, 1.165) is 22.3 Å². The highest BCUT2D eigenvalue weighted by Gasteiger charge is 2.50. The highest BCUT2D eigenvalue weighted by molar-refractivity contribution is 5.89. The zero-order chi connectivity index (χ0) is 18.0. The number of carboxylic acid groups (broad SMARTS) is 1. The van der Waals surface area contributed by atoms with Crippen molar-refractivity contribution in [1.82, 2.24) is 0 Å². The minimum atomic E-state index is -0.965. The molecular weight excluding hydrogens is 308 g/mol. The van der Waals surface area contributed by atoms with Crippen molar-refractivity contribution in [1.29, 1.82) is 0 Å². The molecule has 0 saturated heterocycles. The summed E-state index contributed by atoms with van der Waals surface area (Å²) in [5.41, 5.74) is 4.25. The summed E-state index contributed by atoms with van der Waals surface area (Å²) in [5, 5.41) is 9.51. The maximum atomic E-state index is 13.0. The van der Waals surface area contributed by atoms with Crippen LogP contribution in [0.25, 0.3) is 0 Å². The SMILES string of the molecule is COC1CC(C(=O)O)C(C(=O)Cc2c(C)cc(C)cc2C)C1OC. The fraction of sp³-hybridized carbons (Fsp3) is 0.579. The van der Waals surface area contributed by atoms with Crippen molar-refractivity contribution >= 4 is 11.8 Å². The van der Waals surface area contributed by atoms with E-state index in [4.69, 9.17) is 9.47 Å². The predicted molar refractivity (Wildman–Crippen MR) is 90.2 cm³/mol. The molecule has 1 aromatic carbocycles. The zero-order valence-electron chi connectivity index (χ0n) is 15.0. The third kappa shape index (κ3) is 3.52. The Kier molecular flexibility index (Phi) is 5.78. The molecular formula is C19H26O5. The van der Waals surface area contributed by atoms with Gasteiger partial charge in [0.05, 0.1) is 24.0 Å². The highest BCUT2D eigenvalue weighted by Crippen LogP contribution is 2.37. The second kappa shape index (κ2) is 7.45. The van der Waals surface area contributed by atoms with Gasteiger partial charge in [-0.15, -0.1) is 0 Å². The van der Waals surface area contributed by atoms with Crippen molar-refractivity contribution in [2.45, 2.75) is 45.8 Å². The van der Waals surface area contributed by atoms with Crippen LogP contribution in [0.4, 0.5) is 0 Å². The summed E-state index contributed by atoms with van der Waals surface area (Å²) in [4.78, 5) is 24.6. The Morgan fingerprint density at radius 2 is 1.71 bits per heavy atom. The van der Waals surface area contributed by atoms with E-state index in [-0.39, 0.29) is 18.3 Å². The van der Waals surface area contributed by atoms with Gasteiger partial charge in [0, 0.05) is 20.6 Å². The number of benzene rings is 1. The number of carbonyl (C=O) groups is 2. The number of hydrogen-bond acceptors (Lipinski definition) is 4. The molecule has 0 aromatic heterocycles. The van der Waals surface area contributed by atoms with Gasteiger partial charge in [0.25, 0.3) is 0 Å². The molecule has 1 aliphatic carbocycles. The number of rotatable bonds is 6. The van der Waals surface area contributed by atoms with E-state index in [1.807, 2.05) is 32.9 Å². The van der Waals surface area contributed by atoms with Gasteiger partial charge in [0.15, 0.2) is 0 Å². The first-order chi connectivity index (χ1) is 11.3. The average Bonchev–Trinajstić information content (AvgIpc) is 2.89. The molecule has 0 aliphatic heterocycles. The van der Waals surface area contributed by atoms with Crippen molar-refractivity contribution in [3.8, 4) is 0 Å². The van der Waals surface area contributed by atoms with Crippen LogP contribution in [0.15, 0.2) is 12.1 Å². The summed E-state index contributed by atoms with van der Waals surface area (Å²) in [6.45, 7) is 5.99. The molecule has 0 amide bonds. The molecule has 4 atom stereocenters. The van der Waals surface area contributed by atoms with Crippen LogP contribution in [0.1, 0.15) is 28.7 Å². The summed E-state index contributed by atoms with van der Waals surface area (Å²) in [7, 11) is 3.03. The second-order valence-electron chi connectivity index (χ2n) is 6.70. The molecule has 0 heterocycles. The van der Waals surface area contributed by atoms with E-state index in [1.54, 1.807) is 0 Å². The zero-order valence-corrected chi connectivity index (χ0v) is 15.0. The number of hydrogen-bond donors (Lipinski definition) is 1. The molecule has 1 N–H and O–H groups in total. The third-order valence-corrected chi connectivity index (χ3v) is 5.10. The van der Waals surface area contributed by atoms with Crippen molar-refractivity contribution in [3.05, 3.63) is 34.4 Å². The first kappa shape index (κ1) is 18.6. The van der Waals surface area contributed by atoms with E-state index in [0.29, 0.717) is 6.42 Å². The van der Waals surface area contributed by atoms with Gasteiger partial charge < -0.3 is 14.6 Å². The molecule has 5 heteroatoms. The van der Waals surface area contributed by atoms with E-state index in [9.17, 15) is 14.7 Å². The number of ether oxygens (including phenoxy) is 2. The lowest BCUT2D eigenvalue weighted by Crippen LogP contribution is -2.37. The first-order valence-corrected chi connectivity index (χ1v) is 8.18. The summed E-state index contributed by atoms with van der Waals surface area (Å²) < 4.78 is 10.8. The monoisotopic (exact) mass is 334 g/mol. The predicted octanol–water partition coefficient (Wildman–Crippen LogP) is 2.47. The van der Waals surface area contributed by atoms with E-state index in [1.165, 1.54) is 14.2 Å². The fourth-order valence-electron chi connectivity index (χ4n) is 3.96. The van der Waals surface area contributed by atoms with Gasteiger partial charge in [-0.05, 0) is 43.9 Å². The normalized spacial score (nSPS) is 26.5. The minimum absolute atomic E-state index is 0.0937. The van der Waals surface area contributed by atoms with Crippen LogP contribution in [-0.4, -0.2) is 43.3 Å². The Morgan fingerprint density at radius 1 is 1.12 bits per heavy atom. The molecule has 132 valence electrons. The molecule has 0 radical (unpaired) electrons. The Bertz CT molecular complexity index is 614. The lowest BCUT2D eigenvalue weighted by atomic mass is 9.85. The quantitative estimate of drug-likeness (QED) is 0.865. The molecule has 4 unspecified atom stereocenters. The van der Waals surface area contributed by atoms with E-state index >= 15 is 0 Å². The third-order valence-electron chi connectivity index (χ3n) is 5.10. The van der Waals surface area contributed by atoms with Crippen molar-refractivity contribution in [2.24, 2.45) is 11.8 Å². The average molecular weight is 334 g/mol. The van der Waals surface area contributed by atoms with Crippen LogP contribution < -0.4 is 0 Å². The number of ketones is 1. The number of aryl methyl sites for hydroxylation is 3. The molecule has 1 fully saturated rings. The second-order valence-corrected chi connectivity index (χ2v) is 6.70. The van der Waals surface area contributed by atoms with Crippen LogP contribution in [0.3, 0.4) is 0 Å². The molecule has 24 heavy (non-hydrogen) atoms. The van der Waals surface area contributed by atoms with Gasteiger partial charge in [-0.3, -0.25) is 9.59 Å². The Morgan fingerprint density at radius 3 is 2.17 bits per heavy atom. The first-order valence-electron chi connectivity index (χ1n) is 8.18. The Balaban J connectivity index is 2.31. The molecule has 5 nitrogen and oxygen atoms in total. The molecule has 1 aliphatic rings. The lowest BCUT2D eigenvalue weighted by molar-refractivity contribution is -0.147. The van der Waals surface area contributed by atoms with Crippen LogP contribution in [0, 0.1) is 32.6 Å². The van der Waals surface area contributed by atoms with Crippen molar-refractivity contribution in [3.63, 3.8) is 0 Å². The molecule has 0 bridgehead atoms. The number of Topliss-reactive ketones (excluding diaryl/α,β-unsaturated/α-hetero) is 1. The van der Waals surface area contributed by atoms with Gasteiger partial charge in [-0.2, -0.15) is 0 Å². The summed E-state index contributed by atoms with van der Waals surface area (Å²) in [6, 6.07) is 4.09. The van der Waals surface area contributed by atoms with Gasteiger partial charge in [0.1, 0.15) is 5.78 Å². The minimum Gasteiger partial charge on any atom is -0.481 e. The van der Waals surface area contributed by atoms with Crippen LogP contribution >= 0.6 is 0 Å². The van der Waals surface area contributed by atoms with Crippen LogP contribution in [0.5, 0.6) is 0 Å². The summed E-state index contributed by atoms with van der Waals surface area (Å²) >= 11 is 0. The number of aliphatic carboxylic acids is 1. The van der Waals surface area contributed by atoms with Crippen molar-refractivity contribution < 1.29 is 24.2 Å².